The number of hydrogen-bond acceptors (Lipinski definition) is 3. The van der Waals surface area contributed by atoms with E-state index >= 15 is 0 Å². The summed E-state index contributed by atoms with van der Waals surface area (Å²) in [7, 11) is -3.92. The SMILES string of the molecule is NS(=O)(=O)c1cc(NC(=O)Cc2ccc(F)cc2Cl)ccc1Br. The number of nitrogens with one attached hydrogen (secondary N) is 1. The minimum atomic E-state index is -3.92. The van der Waals surface area contributed by atoms with Crippen molar-refractivity contribution in [2.45, 2.75) is 11.3 Å². The molecular weight excluding hydrogens is 411 g/mol. The molecule has 122 valence electrons. The molecule has 0 aliphatic carbocycles. The zero-order chi connectivity index (χ0) is 17.2. The van der Waals surface area contributed by atoms with Gasteiger partial charge in [-0.25, -0.2) is 17.9 Å². The van der Waals surface area contributed by atoms with Gasteiger partial charge in [0.05, 0.1) is 11.3 Å². The highest BCUT2D eigenvalue weighted by molar-refractivity contribution is 9.10. The fraction of sp³-hybridized carbons (Fsp3) is 0.0714. The summed E-state index contributed by atoms with van der Waals surface area (Å²) in [6, 6.07) is 7.94. The number of rotatable bonds is 4. The van der Waals surface area contributed by atoms with Gasteiger partial charge < -0.3 is 5.32 Å². The zero-order valence-corrected chi connectivity index (χ0v) is 14.7. The fourth-order valence-corrected chi connectivity index (χ4v) is 3.63. The van der Waals surface area contributed by atoms with Crippen LogP contribution in [-0.2, 0) is 21.2 Å². The maximum absolute atomic E-state index is 13.0. The van der Waals surface area contributed by atoms with Gasteiger partial charge in [0.25, 0.3) is 0 Å². The van der Waals surface area contributed by atoms with E-state index in [-0.39, 0.29) is 22.0 Å². The summed E-state index contributed by atoms with van der Waals surface area (Å²) in [6.45, 7) is 0. The molecule has 0 atom stereocenters. The van der Waals surface area contributed by atoms with E-state index in [0.717, 1.165) is 6.07 Å². The summed E-state index contributed by atoms with van der Waals surface area (Å²) in [5, 5.41) is 7.77. The van der Waals surface area contributed by atoms with Crippen molar-refractivity contribution in [3.63, 3.8) is 0 Å². The van der Waals surface area contributed by atoms with Gasteiger partial charge in [-0.15, -0.1) is 0 Å². The van der Waals surface area contributed by atoms with Crippen LogP contribution in [0, 0.1) is 5.82 Å². The number of benzene rings is 2. The van der Waals surface area contributed by atoms with Crippen LogP contribution in [0.25, 0.3) is 0 Å². The Morgan fingerprint density at radius 2 is 1.96 bits per heavy atom. The summed E-state index contributed by atoms with van der Waals surface area (Å²) in [5.41, 5.74) is 0.717. The van der Waals surface area contributed by atoms with Crippen LogP contribution in [0.1, 0.15) is 5.56 Å². The van der Waals surface area contributed by atoms with Crippen LogP contribution in [0.3, 0.4) is 0 Å². The van der Waals surface area contributed by atoms with E-state index in [0.29, 0.717) is 10.0 Å². The number of hydrogen-bond donors (Lipinski definition) is 2. The summed E-state index contributed by atoms with van der Waals surface area (Å²) in [6.07, 6.45) is -0.0834. The molecule has 0 aliphatic heterocycles. The first kappa shape index (κ1) is 17.9. The van der Waals surface area contributed by atoms with Gasteiger partial charge in [-0.3, -0.25) is 4.79 Å². The molecule has 2 rings (SSSR count). The predicted molar refractivity (Wildman–Crippen MR) is 89.3 cm³/mol. The molecule has 23 heavy (non-hydrogen) atoms. The molecule has 0 aromatic heterocycles. The molecule has 0 aliphatic rings. The first-order valence-corrected chi connectivity index (χ1v) is 8.94. The molecule has 5 nitrogen and oxygen atoms in total. The van der Waals surface area contributed by atoms with Crippen molar-refractivity contribution in [1.29, 1.82) is 0 Å². The van der Waals surface area contributed by atoms with Crippen LogP contribution in [0.15, 0.2) is 45.8 Å². The molecule has 2 aromatic carbocycles. The summed E-state index contributed by atoms with van der Waals surface area (Å²) >= 11 is 8.94. The summed E-state index contributed by atoms with van der Waals surface area (Å²) in [5.74, 6) is -0.925. The van der Waals surface area contributed by atoms with Crippen molar-refractivity contribution < 1.29 is 17.6 Å². The molecule has 0 spiro atoms. The number of anilines is 1. The minimum Gasteiger partial charge on any atom is -0.326 e. The van der Waals surface area contributed by atoms with Gasteiger partial charge in [-0.05, 0) is 51.8 Å². The van der Waals surface area contributed by atoms with Crippen LogP contribution in [-0.4, -0.2) is 14.3 Å². The first-order chi connectivity index (χ1) is 10.7. The molecule has 0 heterocycles. The van der Waals surface area contributed by atoms with Crippen molar-refractivity contribution in [3.8, 4) is 0 Å². The Kier molecular flexibility index (Phi) is 5.41. The highest BCUT2D eigenvalue weighted by Crippen LogP contribution is 2.25. The van der Waals surface area contributed by atoms with Gasteiger partial charge in [0.1, 0.15) is 5.82 Å². The molecule has 2 aromatic rings. The maximum Gasteiger partial charge on any atom is 0.239 e. The maximum atomic E-state index is 13.0. The molecule has 1 amide bonds. The van der Waals surface area contributed by atoms with Crippen LogP contribution in [0.2, 0.25) is 5.02 Å². The average Bonchev–Trinajstić information content (AvgIpc) is 2.43. The van der Waals surface area contributed by atoms with E-state index in [9.17, 15) is 17.6 Å². The number of nitrogens with two attached hydrogens (primary N) is 1. The number of carbonyl (C=O) groups excluding carboxylic acids is 1. The van der Waals surface area contributed by atoms with E-state index < -0.39 is 21.7 Å². The van der Waals surface area contributed by atoms with Gasteiger partial charge >= 0.3 is 0 Å². The van der Waals surface area contributed by atoms with Gasteiger partial charge in [-0.1, -0.05) is 17.7 Å². The molecule has 0 saturated carbocycles. The molecule has 0 radical (unpaired) electrons. The van der Waals surface area contributed by atoms with E-state index in [1.54, 1.807) is 0 Å². The first-order valence-electron chi connectivity index (χ1n) is 6.23. The lowest BCUT2D eigenvalue weighted by molar-refractivity contribution is -0.115. The van der Waals surface area contributed by atoms with Crippen molar-refractivity contribution in [2.75, 3.05) is 5.32 Å². The van der Waals surface area contributed by atoms with E-state index in [1.807, 2.05) is 0 Å². The van der Waals surface area contributed by atoms with Crippen LogP contribution in [0.4, 0.5) is 10.1 Å². The van der Waals surface area contributed by atoms with E-state index in [2.05, 4.69) is 21.2 Å². The van der Waals surface area contributed by atoms with Crippen LogP contribution < -0.4 is 10.5 Å². The lowest BCUT2D eigenvalue weighted by atomic mass is 10.1. The second kappa shape index (κ2) is 6.96. The number of primary sulfonamides is 1. The van der Waals surface area contributed by atoms with Crippen LogP contribution >= 0.6 is 27.5 Å². The van der Waals surface area contributed by atoms with Crippen molar-refractivity contribution in [2.24, 2.45) is 5.14 Å². The molecule has 3 N–H and O–H groups in total. The number of amides is 1. The van der Waals surface area contributed by atoms with Gasteiger partial charge in [0, 0.05) is 15.2 Å². The highest BCUT2D eigenvalue weighted by atomic mass is 79.9. The van der Waals surface area contributed by atoms with Gasteiger partial charge in [0.15, 0.2) is 0 Å². The number of sulfonamides is 1. The Hall–Kier alpha value is -1.48. The zero-order valence-electron chi connectivity index (χ0n) is 11.5. The van der Waals surface area contributed by atoms with Crippen molar-refractivity contribution >= 4 is 49.1 Å². The van der Waals surface area contributed by atoms with Gasteiger partial charge in [0.2, 0.25) is 15.9 Å². The Labute approximate surface area is 145 Å². The molecule has 0 fully saturated rings. The highest BCUT2D eigenvalue weighted by Gasteiger charge is 2.15. The third-order valence-electron chi connectivity index (χ3n) is 2.89. The molecule has 9 heteroatoms. The topological polar surface area (TPSA) is 89.3 Å². The fourth-order valence-electron chi connectivity index (χ4n) is 1.84. The van der Waals surface area contributed by atoms with Gasteiger partial charge in [-0.2, -0.15) is 0 Å². The molecule has 0 bridgehead atoms. The standard InChI is InChI=1S/C14H11BrClFN2O3S/c15-11-4-3-10(7-13(11)23(18,21)22)19-14(20)5-8-1-2-9(17)6-12(8)16/h1-4,6-7H,5H2,(H,19,20)(H2,18,21,22). The third-order valence-corrected chi connectivity index (χ3v) is 5.14. The molecular formula is C14H11BrClFN2O3S. The number of carbonyl (C=O) groups is 1. The van der Waals surface area contributed by atoms with Crippen molar-refractivity contribution in [1.82, 2.24) is 0 Å². The minimum absolute atomic E-state index is 0.0834. The summed E-state index contributed by atoms with van der Waals surface area (Å²) < 4.78 is 36.1. The lowest BCUT2D eigenvalue weighted by Crippen LogP contribution is -2.16. The average molecular weight is 422 g/mol. The molecule has 0 unspecified atom stereocenters. The van der Waals surface area contributed by atoms with Crippen molar-refractivity contribution in [3.05, 3.63) is 57.3 Å². The second-order valence-corrected chi connectivity index (χ2v) is 7.44. The lowest BCUT2D eigenvalue weighted by Gasteiger charge is -2.09. The normalized spacial score (nSPS) is 11.3. The van der Waals surface area contributed by atoms with Crippen LogP contribution in [0.5, 0.6) is 0 Å². The smallest absolute Gasteiger partial charge is 0.239 e. The Morgan fingerprint density at radius 1 is 1.26 bits per heavy atom. The quantitative estimate of drug-likeness (QED) is 0.795. The Balaban J connectivity index is 2.18. The molecule has 0 saturated heterocycles. The Morgan fingerprint density at radius 3 is 2.57 bits per heavy atom. The Bertz CT molecular complexity index is 874. The third kappa shape index (κ3) is 4.74. The predicted octanol–water partition coefficient (Wildman–Crippen LogP) is 3.07. The largest absolute Gasteiger partial charge is 0.326 e. The number of halogens is 3. The second-order valence-electron chi connectivity index (χ2n) is 4.65. The summed E-state index contributed by atoms with van der Waals surface area (Å²) in [4.78, 5) is 11.9. The monoisotopic (exact) mass is 420 g/mol. The van der Waals surface area contributed by atoms with E-state index in [4.69, 9.17) is 16.7 Å². The van der Waals surface area contributed by atoms with E-state index in [1.165, 1.54) is 30.3 Å².